The van der Waals surface area contributed by atoms with E-state index in [4.69, 9.17) is 34.8 Å². The number of anilines is 1. The van der Waals surface area contributed by atoms with E-state index in [1.54, 1.807) is 29.3 Å². The Morgan fingerprint density at radius 1 is 0.793 bits per heavy atom. The number of hydrogen-bond donors (Lipinski definition) is 0. The van der Waals surface area contributed by atoms with Crippen LogP contribution in [0.4, 0.5) is 5.69 Å². The van der Waals surface area contributed by atoms with Gasteiger partial charge in [0, 0.05) is 21.6 Å². The fourth-order valence-electron chi connectivity index (χ4n) is 3.52. The first-order chi connectivity index (χ1) is 13.9. The first-order valence-corrected chi connectivity index (χ1v) is 11.5. The fourth-order valence-corrected chi connectivity index (χ4v) is 5.54. The minimum absolute atomic E-state index is 0.181. The lowest BCUT2D eigenvalue weighted by atomic mass is 10.0. The van der Waals surface area contributed by atoms with Gasteiger partial charge in [-0.15, -0.1) is 4.41 Å². The molecular formula is C21H17Cl3N2O2S. The van der Waals surface area contributed by atoms with Crippen LogP contribution in [0.2, 0.25) is 15.1 Å². The third-order valence-corrected chi connectivity index (χ3v) is 7.50. The monoisotopic (exact) mass is 466 g/mol. The van der Waals surface area contributed by atoms with Gasteiger partial charge >= 0.3 is 0 Å². The van der Waals surface area contributed by atoms with Crippen molar-refractivity contribution in [2.45, 2.75) is 17.4 Å². The van der Waals surface area contributed by atoms with Gasteiger partial charge in [-0.05, 0) is 66.6 Å². The molecule has 0 spiro atoms. The van der Waals surface area contributed by atoms with Gasteiger partial charge in [-0.1, -0.05) is 53.0 Å². The maximum absolute atomic E-state index is 13.4. The second kappa shape index (κ2) is 8.17. The molecule has 0 aliphatic carbocycles. The lowest BCUT2D eigenvalue weighted by Gasteiger charge is -2.34. The molecule has 3 aromatic rings. The van der Waals surface area contributed by atoms with Gasteiger partial charge in [-0.2, -0.15) is 0 Å². The van der Waals surface area contributed by atoms with Gasteiger partial charge in [0.25, 0.3) is 10.0 Å². The summed E-state index contributed by atoms with van der Waals surface area (Å²) in [7, 11) is -3.79. The van der Waals surface area contributed by atoms with Crippen LogP contribution in [-0.2, 0) is 10.0 Å². The quantitative estimate of drug-likeness (QED) is 0.458. The predicted molar refractivity (Wildman–Crippen MR) is 118 cm³/mol. The minimum atomic E-state index is -3.79. The number of rotatable bonds is 4. The van der Waals surface area contributed by atoms with Crippen molar-refractivity contribution < 1.29 is 8.42 Å². The Morgan fingerprint density at radius 3 is 2.00 bits per heavy atom. The highest BCUT2D eigenvalue weighted by atomic mass is 35.5. The molecule has 0 N–H and O–H groups in total. The average molecular weight is 468 g/mol. The van der Waals surface area contributed by atoms with Crippen LogP contribution in [0.1, 0.15) is 18.0 Å². The zero-order valence-electron chi connectivity index (χ0n) is 15.2. The highest BCUT2D eigenvalue weighted by Crippen LogP contribution is 2.41. The zero-order chi connectivity index (χ0) is 20.6. The second-order valence-corrected chi connectivity index (χ2v) is 9.77. The van der Waals surface area contributed by atoms with E-state index in [-0.39, 0.29) is 10.9 Å². The first kappa shape index (κ1) is 20.5. The fraction of sp³-hybridized carbons (Fsp3) is 0.143. The van der Waals surface area contributed by atoms with Crippen LogP contribution >= 0.6 is 34.8 Å². The topological polar surface area (TPSA) is 40.6 Å². The van der Waals surface area contributed by atoms with Crippen LogP contribution in [-0.4, -0.2) is 19.4 Å². The Labute approximate surface area is 185 Å². The number of hydrazine groups is 1. The smallest absolute Gasteiger partial charge is 0.260 e. The summed E-state index contributed by atoms with van der Waals surface area (Å²) in [6, 6.07) is 20.5. The van der Waals surface area contributed by atoms with E-state index >= 15 is 0 Å². The molecule has 1 aliphatic rings. The average Bonchev–Trinajstić information content (AvgIpc) is 3.15. The molecule has 0 saturated carbocycles. The molecule has 1 fully saturated rings. The van der Waals surface area contributed by atoms with Crippen molar-refractivity contribution in [1.29, 1.82) is 0 Å². The summed E-state index contributed by atoms with van der Waals surface area (Å²) in [4.78, 5) is 0.181. The number of sulfonamides is 1. The third kappa shape index (κ3) is 3.98. The minimum Gasteiger partial charge on any atom is -0.285 e. The predicted octanol–water partition coefficient (Wildman–Crippen LogP) is 6.20. The van der Waals surface area contributed by atoms with Crippen molar-refractivity contribution in [2.24, 2.45) is 0 Å². The molecule has 8 heteroatoms. The normalized spacial score (nSPS) is 17.6. The highest BCUT2D eigenvalue weighted by Gasteiger charge is 2.41. The molecule has 0 aromatic heterocycles. The number of halogens is 3. The van der Waals surface area contributed by atoms with E-state index in [1.807, 2.05) is 36.4 Å². The Bertz CT molecular complexity index is 1120. The summed E-state index contributed by atoms with van der Waals surface area (Å²) in [5.41, 5.74) is 1.59. The van der Waals surface area contributed by atoms with Gasteiger partial charge < -0.3 is 0 Å². The molecule has 1 heterocycles. The summed E-state index contributed by atoms with van der Waals surface area (Å²) in [5, 5.41) is 3.44. The van der Waals surface area contributed by atoms with Gasteiger partial charge in [0.05, 0.1) is 16.6 Å². The number of hydrogen-bond acceptors (Lipinski definition) is 3. The maximum atomic E-state index is 13.4. The van der Waals surface area contributed by atoms with Crippen molar-refractivity contribution in [1.82, 2.24) is 4.41 Å². The van der Waals surface area contributed by atoms with Gasteiger partial charge in [-0.25, -0.2) is 8.42 Å². The number of nitrogens with zero attached hydrogens (tertiary/aromatic N) is 2. The molecule has 1 atom stereocenters. The zero-order valence-corrected chi connectivity index (χ0v) is 18.3. The molecule has 4 nitrogen and oxygen atoms in total. The highest BCUT2D eigenvalue weighted by molar-refractivity contribution is 7.89. The van der Waals surface area contributed by atoms with E-state index in [0.717, 1.165) is 5.56 Å². The molecule has 0 radical (unpaired) electrons. The molecule has 0 bridgehead atoms. The van der Waals surface area contributed by atoms with Crippen LogP contribution in [0.5, 0.6) is 0 Å². The van der Waals surface area contributed by atoms with Crippen molar-refractivity contribution in [3.05, 3.63) is 93.4 Å². The van der Waals surface area contributed by atoms with E-state index in [2.05, 4.69) is 0 Å². The van der Waals surface area contributed by atoms with Crippen LogP contribution in [0.25, 0.3) is 0 Å². The standard InChI is InChI=1S/C21H17Cl3N2O2S/c22-15-5-9-17(10-6-15)26-21(19-3-1-2-4-20(19)24)13-14-25(26)29(27,28)18-11-7-16(23)8-12-18/h1-12,21H,13-14H2. The van der Waals surface area contributed by atoms with Crippen molar-refractivity contribution in [2.75, 3.05) is 11.6 Å². The summed E-state index contributed by atoms with van der Waals surface area (Å²) in [5.74, 6) is 0. The Hall–Kier alpha value is -1.76. The van der Waals surface area contributed by atoms with Crippen LogP contribution in [0.15, 0.2) is 77.7 Å². The Balaban J connectivity index is 1.82. The van der Waals surface area contributed by atoms with Gasteiger partial charge in [0.2, 0.25) is 0 Å². The largest absolute Gasteiger partial charge is 0.285 e. The van der Waals surface area contributed by atoms with Crippen molar-refractivity contribution in [3.8, 4) is 0 Å². The molecule has 3 aromatic carbocycles. The van der Waals surface area contributed by atoms with Gasteiger partial charge in [0.15, 0.2) is 0 Å². The molecule has 150 valence electrons. The molecule has 1 aliphatic heterocycles. The van der Waals surface area contributed by atoms with Crippen LogP contribution in [0.3, 0.4) is 0 Å². The van der Waals surface area contributed by atoms with E-state index < -0.39 is 10.0 Å². The van der Waals surface area contributed by atoms with Crippen LogP contribution in [0, 0.1) is 0 Å². The molecule has 1 unspecified atom stereocenters. The van der Waals surface area contributed by atoms with Gasteiger partial charge in [-0.3, -0.25) is 5.01 Å². The Morgan fingerprint density at radius 2 is 1.38 bits per heavy atom. The van der Waals surface area contributed by atoms with E-state index in [1.165, 1.54) is 16.5 Å². The molecule has 4 rings (SSSR count). The van der Waals surface area contributed by atoms with E-state index in [9.17, 15) is 8.42 Å². The third-order valence-electron chi connectivity index (χ3n) is 4.87. The maximum Gasteiger partial charge on any atom is 0.260 e. The van der Waals surface area contributed by atoms with Crippen molar-refractivity contribution in [3.63, 3.8) is 0 Å². The Kier molecular flexibility index (Phi) is 5.78. The van der Waals surface area contributed by atoms with E-state index in [0.29, 0.717) is 33.7 Å². The summed E-state index contributed by atoms with van der Waals surface area (Å²) >= 11 is 18.4. The lowest BCUT2D eigenvalue weighted by Crippen LogP contribution is -2.42. The summed E-state index contributed by atoms with van der Waals surface area (Å²) < 4.78 is 28.3. The van der Waals surface area contributed by atoms with Gasteiger partial charge in [0.1, 0.15) is 0 Å². The SMILES string of the molecule is O=S(=O)(c1ccc(Cl)cc1)N1CCC(c2ccccc2Cl)N1c1ccc(Cl)cc1. The van der Waals surface area contributed by atoms with Crippen molar-refractivity contribution >= 4 is 50.5 Å². The molecule has 1 saturated heterocycles. The number of benzene rings is 3. The summed E-state index contributed by atoms with van der Waals surface area (Å²) in [6.45, 7) is 0.323. The summed E-state index contributed by atoms with van der Waals surface area (Å²) in [6.07, 6.45) is 0.596. The lowest BCUT2D eigenvalue weighted by molar-refractivity contribution is 0.440. The molecule has 29 heavy (non-hydrogen) atoms. The molecule has 0 amide bonds. The molecular weight excluding hydrogens is 451 g/mol. The van der Waals surface area contributed by atoms with Crippen LogP contribution < -0.4 is 5.01 Å². The second-order valence-electron chi connectivity index (χ2n) is 6.65. The first-order valence-electron chi connectivity index (χ1n) is 8.95.